The van der Waals surface area contributed by atoms with E-state index in [1.54, 1.807) is 24.3 Å². The van der Waals surface area contributed by atoms with Gasteiger partial charge in [0.2, 0.25) is 0 Å². The van der Waals surface area contributed by atoms with Gasteiger partial charge in [0.15, 0.2) is 0 Å². The molecule has 0 saturated carbocycles. The average molecular weight is 316 g/mol. The molecule has 0 heterocycles. The van der Waals surface area contributed by atoms with Crippen LogP contribution in [0, 0.1) is 5.82 Å². The van der Waals surface area contributed by atoms with Crippen LogP contribution in [0.25, 0.3) is 0 Å². The largest absolute Gasteiger partial charge is 0.397 e. The highest BCUT2D eigenvalue weighted by molar-refractivity contribution is 9.10. The SMILES string of the molecule is Nc1cc(Br)ccc1Nc1c(F)cccc1Cl. The van der Waals surface area contributed by atoms with Crippen LogP contribution >= 0.6 is 27.5 Å². The number of anilines is 3. The maximum Gasteiger partial charge on any atom is 0.148 e. The van der Waals surface area contributed by atoms with Crippen molar-refractivity contribution in [3.63, 3.8) is 0 Å². The molecule has 0 fully saturated rings. The fourth-order valence-corrected chi connectivity index (χ4v) is 1.99. The number of nitrogen functional groups attached to an aromatic ring is 1. The van der Waals surface area contributed by atoms with Gasteiger partial charge in [-0.15, -0.1) is 0 Å². The lowest BCUT2D eigenvalue weighted by atomic mass is 10.2. The molecular formula is C12H9BrClFN2. The smallest absolute Gasteiger partial charge is 0.148 e. The van der Waals surface area contributed by atoms with Gasteiger partial charge >= 0.3 is 0 Å². The van der Waals surface area contributed by atoms with Gasteiger partial charge in [0.1, 0.15) is 5.82 Å². The number of nitrogens with one attached hydrogen (secondary N) is 1. The van der Waals surface area contributed by atoms with Gasteiger partial charge < -0.3 is 11.1 Å². The van der Waals surface area contributed by atoms with Crippen LogP contribution in [0.5, 0.6) is 0 Å². The summed E-state index contributed by atoms with van der Waals surface area (Å²) in [5.74, 6) is -0.417. The van der Waals surface area contributed by atoms with E-state index in [1.165, 1.54) is 6.07 Å². The van der Waals surface area contributed by atoms with Gasteiger partial charge in [-0.05, 0) is 30.3 Å². The molecule has 0 unspecified atom stereocenters. The van der Waals surface area contributed by atoms with Crippen LogP contribution in [-0.4, -0.2) is 0 Å². The van der Waals surface area contributed by atoms with Crippen molar-refractivity contribution >= 4 is 44.6 Å². The zero-order valence-electron chi connectivity index (χ0n) is 8.68. The lowest BCUT2D eigenvalue weighted by Gasteiger charge is -2.11. The number of rotatable bonds is 2. The van der Waals surface area contributed by atoms with Gasteiger partial charge in [-0.3, -0.25) is 0 Å². The summed E-state index contributed by atoms with van der Waals surface area (Å²) in [4.78, 5) is 0. The lowest BCUT2D eigenvalue weighted by molar-refractivity contribution is 0.632. The third-order valence-corrected chi connectivity index (χ3v) is 3.04. The number of halogens is 3. The molecule has 0 bridgehead atoms. The minimum Gasteiger partial charge on any atom is -0.397 e. The molecule has 2 aromatic rings. The van der Waals surface area contributed by atoms with Crippen molar-refractivity contribution in [1.29, 1.82) is 0 Å². The minimum atomic E-state index is -0.417. The van der Waals surface area contributed by atoms with Crippen molar-refractivity contribution < 1.29 is 4.39 Å². The standard InChI is InChI=1S/C12H9BrClFN2/c13-7-4-5-11(10(16)6-7)17-12-8(14)2-1-3-9(12)15/h1-6,17H,16H2. The maximum atomic E-state index is 13.6. The molecule has 0 aliphatic heterocycles. The second kappa shape index (κ2) is 4.94. The first-order valence-electron chi connectivity index (χ1n) is 4.84. The van der Waals surface area contributed by atoms with Crippen LogP contribution in [-0.2, 0) is 0 Å². The predicted molar refractivity (Wildman–Crippen MR) is 73.2 cm³/mol. The molecular weight excluding hydrogens is 307 g/mol. The topological polar surface area (TPSA) is 38.0 Å². The highest BCUT2D eigenvalue weighted by Crippen LogP contribution is 2.31. The van der Waals surface area contributed by atoms with Crippen molar-refractivity contribution in [2.75, 3.05) is 11.1 Å². The average Bonchev–Trinajstić information content (AvgIpc) is 2.26. The first-order chi connectivity index (χ1) is 8.08. The van der Waals surface area contributed by atoms with E-state index in [2.05, 4.69) is 21.2 Å². The molecule has 0 spiro atoms. The highest BCUT2D eigenvalue weighted by atomic mass is 79.9. The van der Waals surface area contributed by atoms with Crippen molar-refractivity contribution in [2.24, 2.45) is 0 Å². The van der Waals surface area contributed by atoms with Gasteiger partial charge in [0, 0.05) is 4.47 Å². The molecule has 5 heteroatoms. The van der Waals surface area contributed by atoms with Crippen LogP contribution in [0.4, 0.5) is 21.5 Å². The van der Waals surface area contributed by atoms with Gasteiger partial charge in [-0.1, -0.05) is 33.6 Å². The summed E-state index contributed by atoms with van der Waals surface area (Å²) in [5, 5.41) is 3.20. The molecule has 0 saturated heterocycles. The molecule has 0 amide bonds. The Hall–Kier alpha value is -1.26. The molecule has 0 radical (unpaired) electrons. The molecule has 2 aromatic carbocycles. The molecule has 3 N–H and O–H groups in total. The summed E-state index contributed by atoms with van der Waals surface area (Å²) in [6.07, 6.45) is 0. The van der Waals surface area contributed by atoms with Crippen molar-refractivity contribution in [3.8, 4) is 0 Å². The Bertz CT molecular complexity index is 540. The molecule has 0 aliphatic carbocycles. The van der Waals surface area contributed by atoms with Crippen molar-refractivity contribution in [2.45, 2.75) is 0 Å². The first-order valence-corrected chi connectivity index (χ1v) is 6.01. The molecule has 0 atom stereocenters. The van der Waals surface area contributed by atoms with Crippen molar-refractivity contribution in [1.82, 2.24) is 0 Å². The van der Waals surface area contributed by atoms with E-state index < -0.39 is 5.82 Å². The number of benzene rings is 2. The molecule has 2 rings (SSSR count). The van der Waals surface area contributed by atoms with Crippen LogP contribution < -0.4 is 11.1 Å². The predicted octanol–water partition coefficient (Wildman–Crippen LogP) is 4.57. The van der Waals surface area contributed by atoms with Crippen LogP contribution in [0.3, 0.4) is 0 Å². The Balaban J connectivity index is 2.38. The van der Waals surface area contributed by atoms with E-state index in [0.29, 0.717) is 16.4 Å². The minimum absolute atomic E-state index is 0.225. The fourth-order valence-electron chi connectivity index (χ4n) is 1.40. The Kier molecular flexibility index (Phi) is 3.54. The summed E-state index contributed by atoms with van der Waals surface area (Å²) in [5.41, 5.74) is 7.16. The van der Waals surface area contributed by atoms with Crippen LogP contribution in [0.15, 0.2) is 40.9 Å². The third kappa shape index (κ3) is 2.70. The number of hydrogen-bond donors (Lipinski definition) is 2. The van der Waals surface area contributed by atoms with Gasteiger partial charge in [0.25, 0.3) is 0 Å². The molecule has 2 nitrogen and oxygen atoms in total. The molecule has 17 heavy (non-hydrogen) atoms. The normalized spacial score (nSPS) is 10.3. The van der Waals surface area contributed by atoms with Crippen LogP contribution in [0.2, 0.25) is 5.02 Å². The summed E-state index contributed by atoms with van der Waals surface area (Å²) in [7, 11) is 0. The van der Waals surface area contributed by atoms with Gasteiger partial charge in [-0.25, -0.2) is 4.39 Å². The van der Waals surface area contributed by atoms with E-state index in [1.807, 2.05) is 6.07 Å². The maximum absolute atomic E-state index is 13.6. The Morgan fingerprint density at radius 2 is 2.00 bits per heavy atom. The first kappa shape index (κ1) is 12.2. The van der Waals surface area contributed by atoms with Crippen molar-refractivity contribution in [3.05, 3.63) is 51.7 Å². The molecule has 0 aromatic heterocycles. The number of nitrogens with two attached hydrogens (primary N) is 1. The Labute approximate surface area is 112 Å². The van der Waals surface area contributed by atoms with Crippen LogP contribution in [0.1, 0.15) is 0 Å². The van der Waals surface area contributed by atoms with E-state index in [4.69, 9.17) is 17.3 Å². The highest BCUT2D eigenvalue weighted by Gasteiger charge is 2.08. The van der Waals surface area contributed by atoms with E-state index in [9.17, 15) is 4.39 Å². The lowest BCUT2D eigenvalue weighted by Crippen LogP contribution is -1.98. The zero-order chi connectivity index (χ0) is 12.4. The zero-order valence-corrected chi connectivity index (χ0v) is 11.0. The van der Waals surface area contributed by atoms with E-state index >= 15 is 0 Å². The third-order valence-electron chi connectivity index (χ3n) is 2.24. The molecule has 0 aliphatic rings. The Morgan fingerprint density at radius 3 is 2.65 bits per heavy atom. The summed E-state index contributed by atoms with van der Waals surface area (Å²) < 4.78 is 14.4. The second-order valence-electron chi connectivity index (χ2n) is 3.45. The van der Waals surface area contributed by atoms with E-state index in [-0.39, 0.29) is 5.69 Å². The summed E-state index contributed by atoms with van der Waals surface area (Å²) in [6, 6.07) is 9.80. The van der Waals surface area contributed by atoms with Gasteiger partial charge in [0.05, 0.1) is 22.1 Å². The van der Waals surface area contributed by atoms with Gasteiger partial charge in [-0.2, -0.15) is 0 Å². The summed E-state index contributed by atoms with van der Waals surface area (Å²) >= 11 is 9.21. The fraction of sp³-hybridized carbons (Fsp3) is 0. The number of hydrogen-bond acceptors (Lipinski definition) is 2. The molecule has 88 valence electrons. The Morgan fingerprint density at radius 1 is 1.24 bits per heavy atom. The number of para-hydroxylation sites is 1. The summed E-state index contributed by atoms with van der Waals surface area (Å²) in [6.45, 7) is 0. The monoisotopic (exact) mass is 314 g/mol. The second-order valence-corrected chi connectivity index (χ2v) is 4.78. The quantitative estimate of drug-likeness (QED) is 0.797. The van der Waals surface area contributed by atoms with E-state index in [0.717, 1.165) is 4.47 Å².